The van der Waals surface area contributed by atoms with Gasteiger partial charge in [0.05, 0.1) is 33.9 Å². The molecule has 4 fully saturated rings. The van der Waals surface area contributed by atoms with Gasteiger partial charge < -0.3 is 9.80 Å². The van der Waals surface area contributed by atoms with Crippen LogP contribution in [-0.4, -0.2) is 91.0 Å². The average molecular weight is 901 g/mol. The molecule has 12 nitrogen and oxygen atoms in total. The lowest BCUT2D eigenvalue weighted by Crippen LogP contribution is -2.49. The minimum atomic E-state index is -3.85. The molecule has 63 heavy (non-hydrogen) atoms. The SMILES string of the molecule is O=C1CC[C@H](c2ccc(N3CCC(CN4CCN(c5ccc(-n6cc(-c7cc(Cl)cc(NS(=O)(=O)C8CCCC8)c7F)c(-c7ccncc7)n6)cc5F)CC4)CC3)c(F)c2)C(=O)N1. The van der Waals surface area contributed by atoms with Gasteiger partial charge in [-0.15, -0.1) is 0 Å². The van der Waals surface area contributed by atoms with Crippen LogP contribution in [0.4, 0.5) is 30.2 Å². The van der Waals surface area contributed by atoms with Crippen molar-refractivity contribution in [2.45, 2.75) is 62.5 Å². The molecule has 5 heterocycles. The second-order valence-corrected chi connectivity index (χ2v) is 19.4. The Labute approximate surface area is 369 Å². The van der Waals surface area contributed by atoms with Crippen LogP contribution in [0.25, 0.3) is 28.1 Å². The summed E-state index contributed by atoms with van der Waals surface area (Å²) in [6.45, 7) is 5.14. The average Bonchev–Trinajstić information content (AvgIpc) is 3.99. The number of aromatic nitrogens is 3. The van der Waals surface area contributed by atoms with Crippen molar-refractivity contribution in [2.75, 3.05) is 60.3 Å². The molecule has 1 aliphatic carbocycles. The van der Waals surface area contributed by atoms with Gasteiger partial charge in [0.1, 0.15) is 17.3 Å². The van der Waals surface area contributed by atoms with Gasteiger partial charge in [-0.1, -0.05) is 30.5 Å². The first-order chi connectivity index (χ1) is 30.4. The highest BCUT2D eigenvalue weighted by molar-refractivity contribution is 7.93. The number of piperazine rings is 1. The minimum absolute atomic E-state index is 0.0393. The number of carbonyl (C=O) groups is 2. The van der Waals surface area contributed by atoms with E-state index in [2.05, 4.69) is 24.8 Å². The molecule has 2 amide bonds. The largest absolute Gasteiger partial charge is 0.369 e. The van der Waals surface area contributed by atoms with Gasteiger partial charge in [0.25, 0.3) is 0 Å². The van der Waals surface area contributed by atoms with Crippen LogP contribution in [0, 0.1) is 23.4 Å². The molecular formula is C46H48ClF3N8O4S. The molecule has 9 rings (SSSR count). The quantitative estimate of drug-likeness (QED) is 0.127. The normalized spacial score (nSPS) is 19.5. The number of benzene rings is 3. The summed E-state index contributed by atoms with van der Waals surface area (Å²) in [6, 6.07) is 16.0. The van der Waals surface area contributed by atoms with Crippen LogP contribution in [0.15, 0.2) is 79.3 Å². The first kappa shape index (κ1) is 42.8. The lowest BCUT2D eigenvalue weighted by atomic mass is 9.90. The summed E-state index contributed by atoms with van der Waals surface area (Å²) in [5.74, 6) is -2.34. The van der Waals surface area contributed by atoms with Crippen molar-refractivity contribution in [1.82, 2.24) is 25.0 Å². The highest BCUT2D eigenvalue weighted by Gasteiger charge is 2.32. The van der Waals surface area contributed by atoms with E-state index in [1.54, 1.807) is 55.0 Å². The Morgan fingerprint density at radius 2 is 1.46 bits per heavy atom. The van der Waals surface area contributed by atoms with Gasteiger partial charge in [0, 0.05) is 98.6 Å². The molecule has 2 N–H and O–H groups in total. The second kappa shape index (κ2) is 18.0. The van der Waals surface area contributed by atoms with Gasteiger partial charge in [-0.25, -0.2) is 26.3 Å². The maximum Gasteiger partial charge on any atom is 0.235 e. The maximum atomic E-state index is 16.4. The molecule has 0 radical (unpaired) electrons. The van der Waals surface area contributed by atoms with E-state index >= 15 is 13.2 Å². The number of hydrogen-bond donors (Lipinski definition) is 2. The highest BCUT2D eigenvalue weighted by Crippen LogP contribution is 2.39. The lowest BCUT2D eigenvalue weighted by Gasteiger charge is -2.40. The number of halogens is 4. The van der Waals surface area contributed by atoms with Crippen molar-refractivity contribution in [3.05, 3.63) is 107 Å². The van der Waals surface area contributed by atoms with E-state index in [1.165, 1.54) is 28.9 Å². The molecule has 4 aliphatic rings. The van der Waals surface area contributed by atoms with Crippen molar-refractivity contribution < 1.29 is 31.2 Å². The van der Waals surface area contributed by atoms with E-state index in [9.17, 15) is 18.0 Å². The molecule has 1 saturated carbocycles. The van der Waals surface area contributed by atoms with Crippen LogP contribution in [0.1, 0.15) is 62.8 Å². The molecular weight excluding hydrogens is 853 g/mol. The number of anilines is 3. The number of pyridine rings is 1. The monoisotopic (exact) mass is 900 g/mol. The van der Waals surface area contributed by atoms with Crippen molar-refractivity contribution >= 4 is 50.5 Å². The van der Waals surface area contributed by atoms with Crippen molar-refractivity contribution in [3.8, 4) is 28.1 Å². The van der Waals surface area contributed by atoms with Crippen molar-refractivity contribution in [2.24, 2.45) is 5.92 Å². The number of rotatable bonds is 11. The van der Waals surface area contributed by atoms with Gasteiger partial charge >= 0.3 is 0 Å². The van der Waals surface area contributed by atoms with E-state index in [1.807, 2.05) is 4.90 Å². The van der Waals surface area contributed by atoms with E-state index in [4.69, 9.17) is 16.7 Å². The Kier molecular flexibility index (Phi) is 12.2. The predicted molar refractivity (Wildman–Crippen MR) is 237 cm³/mol. The van der Waals surface area contributed by atoms with Crippen LogP contribution in [0.5, 0.6) is 0 Å². The van der Waals surface area contributed by atoms with Crippen molar-refractivity contribution in [3.63, 3.8) is 0 Å². The zero-order valence-electron chi connectivity index (χ0n) is 34.6. The summed E-state index contributed by atoms with van der Waals surface area (Å²) in [6.07, 6.45) is 9.82. The van der Waals surface area contributed by atoms with Gasteiger partial charge in [0.15, 0.2) is 5.82 Å². The number of carbonyl (C=O) groups excluding carboxylic acids is 2. The Balaban J connectivity index is 0.844. The number of hydrogen-bond acceptors (Lipinski definition) is 9. The van der Waals surface area contributed by atoms with Crippen LogP contribution in [-0.2, 0) is 19.6 Å². The Morgan fingerprint density at radius 1 is 0.778 bits per heavy atom. The molecule has 17 heteroatoms. The summed E-state index contributed by atoms with van der Waals surface area (Å²) in [5, 5.41) is 6.65. The number of nitrogens with zero attached hydrogens (tertiary/aromatic N) is 6. The van der Waals surface area contributed by atoms with E-state index < -0.39 is 32.8 Å². The number of amides is 2. The fourth-order valence-corrected chi connectivity index (χ4v) is 11.3. The molecule has 2 aromatic heterocycles. The van der Waals surface area contributed by atoms with Gasteiger partial charge in [-0.05, 0) is 92.1 Å². The number of sulfonamides is 1. The molecule has 1 atom stereocenters. The lowest BCUT2D eigenvalue weighted by molar-refractivity contribution is -0.134. The number of imide groups is 1. The van der Waals surface area contributed by atoms with Crippen LogP contribution < -0.4 is 19.8 Å². The Bertz CT molecular complexity index is 2630. The number of nitrogens with one attached hydrogen (secondary N) is 2. The molecule has 330 valence electrons. The topological polar surface area (TPSA) is 133 Å². The van der Waals surface area contributed by atoms with E-state index in [-0.39, 0.29) is 40.3 Å². The first-order valence-electron chi connectivity index (χ1n) is 21.6. The molecule has 5 aromatic rings. The van der Waals surface area contributed by atoms with Crippen molar-refractivity contribution in [1.29, 1.82) is 0 Å². The molecule has 0 spiro atoms. The second-order valence-electron chi connectivity index (χ2n) is 17.0. The summed E-state index contributed by atoms with van der Waals surface area (Å²) >= 11 is 6.49. The number of piperidine rings is 2. The Hall–Kier alpha value is -5.45. The predicted octanol–water partition coefficient (Wildman–Crippen LogP) is 7.92. The van der Waals surface area contributed by atoms with Gasteiger partial charge in [-0.2, -0.15) is 5.10 Å². The van der Waals surface area contributed by atoms with Crippen LogP contribution >= 0.6 is 11.6 Å². The summed E-state index contributed by atoms with van der Waals surface area (Å²) < 4.78 is 78.0. The molecule has 0 unspecified atom stereocenters. The van der Waals surface area contributed by atoms with Gasteiger partial charge in [-0.3, -0.25) is 29.5 Å². The smallest absolute Gasteiger partial charge is 0.235 e. The molecule has 0 bridgehead atoms. The highest BCUT2D eigenvalue weighted by atomic mass is 35.5. The fourth-order valence-electron chi connectivity index (χ4n) is 9.52. The molecule has 3 aromatic carbocycles. The minimum Gasteiger partial charge on any atom is -0.369 e. The van der Waals surface area contributed by atoms with E-state index in [0.717, 1.165) is 58.4 Å². The third-order valence-electron chi connectivity index (χ3n) is 13.0. The fraction of sp³-hybridized carbons (Fsp3) is 0.391. The zero-order valence-corrected chi connectivity index (χ0v) is 36.2. The van der Waals surface area contributed by atoms with Crippen LogP contribution in [0.2, 0.25) is 5.02 Å². The molecule has 3 saturated heterocycles. The zero-order chi connectivity index (χ0) is 43.8. The summed E-state index contributed by atoms with van der Waals surface area (Å²) in [5.41, 5.74) is 3.12. The van der Waals surface area contributed by atoms with Crippen LogP contribution in [0.3, 0.4) is 0 Å². The third kappa shape index (κ3) is 9.16. The standard InChI is InChI=1S/C46H48ClF3N8O4S/c47-32-24-36(44(50)40(25-32)54-63(61,62)34-3-1-2-4-34)37-28-58(53-45(37)30-11-15-51-16-12-30)33-6-9-42(39(49)26-33)57-21-19-55(20-22-57)27-29-13-17-56(18-14-29)41-8-5-31(23-38(41)48)35-7-10-43(59)52-46(35)60/h5-6,8-9,11-12,15-16,23-26,28-29,34-35,54H,1-4,7,10,13-14,17-22,27H2,(H,52,59,60)/t35-/m1/s1. The maximum absolute atomic E-state index is 16.4. The third-order valence-corrected chi connectivity index (χ3v) is 15.1. The van der Waals surface area contributed by atoms with E-state index in [0.29, 0.717) is 77.7 Å². The first-order valence-corrected chi connectivity index (χ1v) is 23.5. The summed E-state index contributed by atoms with van der Waals surface area (Å²) in [7, 11) is -3.85. The Morgan fingerprint density at radius 3 is 2.14 bits per heavy atom. The summed E-state index contributed by atoms with van der Waals surface area (Å²) in [4.78, 5) is 34.5. The molecule has 3 aliphatic heterocycles. The van der Waals surface area contributed by atoms with Gasteiger partial charge in [0.2, 0.25) is 21.8 Å².